The summed E-state index contributed by atoms with van der Waals surface area (Å²) >= 11 is 9.51. The predicted octanol–water partition coefficient (Wildman–Crippen LogP) is 4.95. The van der Waals surface area contributed by atoms with Gasteiger partial charge in [0.1, 0.15) is 17.7 Å². The van der Waals surface area contributed by atoms with Crippen LogP contribution in [0.25, 0.3) is 0 Å². The van der Waals surface area contributed by atoms with Crippen LogP contribution in [0.3, 0.4) is 0 Å². The molecular weight excluding hydrogens is 347 g/mol. The number of carbonyl (C=O) groups excluding carboxylic acids is 1. The van der Waals surface area contributed by atoms with Gasteiger partial charge in [-0.05, 0) is 30.3 Å². The Morgan fingerprint density at radius 1 is 1.25 bits per heavy atom. The highest BCUT2D eigenvalue weighted by molar-refractivity contribution is 9.10. The van der Waals surface area contributed by atoms with Gasteiger partial charge in [-0.2, -0.15) is 0 Å². The highest BCUT2D eigenvalue weighted by atomic mass is 79.9. The van der Waals surface area contributed by atoms with E-state index in [1.807, 2.05) is 12.1 Å². The lowest BCUT2D eigenvalue weighted by Gasteiger charge is -2.26. The fraction of sp³-hybridized carbons (Fsp3) is 0.133. The number of rotatable bonds is 1. The molecule has 0 radical (unpaired) electrons. The Labute approximate surface area is 128 Å². The van der Waals surface area contributed by atoms with Crippen LogP contribution in [0.15, 0.2) is 40.9 Å². The summed E-state index contributed by atoms with van der Waals surface area (Å²) in [4.78, 5) is 12.1. The van der Waals surface area contributed by atoms with E-state index in [1.54, 1.807) is 6.07 Å². The maximum absolute atomic E-state index is 13.3. The predicted molar refractivity (Wildman–Crippen MR) is 77.9 cm³/mol. The number of ether oxygens (including phenoxy) is 1. The zero-order chi connectivity index (χ0) is 14.3. The fourth-order valence-electron chi connectivity index (χ4n) is 2.23. The average Bonchev–Trinajstić information content (AvgIpc) is 2.41. The molecule has 1 unspecified atom stereocenters. The van der Waals surface area contributed by atoms with E-state index in [2.05, 4.69) is 15.9 Å². The van der Waals surface area contributed by atoms with E-state index in [9.17, 15) is 9.18 Å². The van der Waals surface area contributed by atoms with Gasteiger partial charge in [0, 0.05) is 21.1 Å². The van der Waals surface area contributed by atoms with Crippen molar-refractivity contribution in [2.45, 2.75) is 12.5 Å². The SMILES string of the molecule is O=C1CC(c2cc(Br)ccc2Cl)Oc2cc(F)ccc21. The van der Waals surface area contributed by atoms with Crippen LogP contribution < -0.4 is 4.74 Å². The minimum atomic E-state index is -0.498. The second-order valence-corrected chi connectivity index (χ2v) is 5.86. The first kappa shape index (κ1) is 13.6. The number of hydrogen-bond acceptors (Lipinski definition) is 2. The summed E-state index contributed by atoms with van der Waals surface area (Å²) in [6.07, 6.45) is -0.309. The second-order valence-electron chi connectivity index (χ2n) is 4.54. The normalized spacial score (nSPS) is 17.6. The van der Waals surface area contributed by atoms with Gasteiger partial charge in [-0.1, -0.05) is 27.5 Å². The monoisotopic (exact) mass is 354 g/mol. The molecule has 2 nitrogen and oxygen atoms in total. The van der Waals surface area contributed by atoms with Crippen molar-refractivity contribution in [1.82, 2.24) is 0 Å². The minimum Gasteiger partial charge on any atom is -0.484 e. The average molecular weight is 356 g/mol. The third kappa shape index (κ3) is 2.45. The Bertz CT molecular complexity index is 702. The molecule has 2 aromatic carbocycles. The fourth-order valence-corrected chi connectivity index (χ4v) is 2.85. The molecule has 0 aromatic heterocycles. The molecular formula is C15H9BrClFO2. The van der Waals surface area contributed by atoms with E-state index in [0.717, 1.165) is 4.47 Å². The first-order valence-corrected chi connectivity index (χ1v) is 7.16. The van der Waals surface area contributed by atoms with E-state index < -0.39 is 11.9 Å². The van der Waals surface area contributed by atoms with Crippen molar-refractivity contribution in [3.8, 4) is 5.75 Å². The molecule has 102 valence electrons. The first-order chi connectivity index (χ1) is 9.54. The topological polar surface area (TPSA) is 26.3 Å². The van der Waals surface area contributed by atoms with Crippen molar-refractivity contribution in [3.63, 3.8) is 0 Å². The van der Waals surface area contributed by atoms with Crippen molar-refractivity contribution < 1.29 is 13.9 Å². The Morgan fingerprint density at radius 3 is 2.85 bits per heavy atom. The van der Waals surface area contributed by atoms with Gasteiger partial charge in [-0.25, -0.2) is 4.39 Å². The number of hydrogen-bond donors (Lipinski definition) is 0. The summed E-state index contributed by atoms with van der Waals surface area (Å²) in [5.41, 5.74) is 1.12. The zero-order valence-corrected chi connectivity index (χ0v) is 12.5. The molecule has 1 atom stereocenters. The van der Waals surface area contributed by atoms with Crippen LogP contribution in [0.2, 0.25) is 5.02 Å². The molecule has 0 bridgehead atoms. The molecule has 3 rings (SSSR count). The van der Waals surface area contributed by atoms with Gasteiger partial charge in [0.2, 0.25) is 0 Å². The Hall–Kier alpha value is -1.39. The molecule has 20 heavy (non-hydrogen) atoms. The zero-order valence-electron chi connectivity index (χ0n) is 10.2. The van der Waals surface area contributed by atoms with Crippen LogP contribution in [0, 0.1) is 5.82 Å². The number of Topliss-reactive ketones (excluding diaryl/α,β-unsaturated/α-hetero) is 1. The van der Waals surface area contributed by atoms with E-state index in [4.69, 9.17) is 16.3 Å². The Kier molecular flexibility index (Phi) is 3.52. The van der Waals surface area contributed by atoms with Gasteiger partial charge in [-0.15, -0.1) is 0 Å². The molecule has 0 amide bonds. The molecule has 0 aliphatic carbocycles. The molecule has 0 N–H and O–H groups in total. The van der Waals surface area contributed by atoms with Crippen LogP contribution >= 0.6 is 27.5 Å². The molecule has 0 saturated heterocycles. The third-order valence-corrected chi connectivity index (χ3v) is 4.03. The molecule has 1 aliphatic heterocycles. The smallest absolute Gasteiger partial charge is 0.170 e. The van der Waals surface area contributed by atoms with Crippen LogP contribution in [0.4, 0.5) is 4.39 Å². The van der Waals surface area contributed by atoms with Gasteiger partial charge < -0.3 is 4.74 Å². The summed E-state index contributed by atoms with van der Waals surface area (Å²) in [5, 5.41) is 0.519. The Morgan fingerprint density at radius 2 is 2.05 bits per heavy atom. The van der Waals surface area contributed by atoms with Crippen molar-refractivity contribution in [3.05, 3.63) is 62.8 Å². The number of ketones is 1. The Balaban J connectivity index is 2.02. The summed E-state index contributed by atoms with van der Waals surface area (Å²) in [7, 11) is 0. The molecule has 0 saturated carbocycles. The van der Waals surface area contributed by atoms with Crippen molar-refractivity contribution >= 4 is 33.3 Å². The quantitative estimate of drug-likeness (QED) is 0.723. The van der Waals surface area contributed by atoms with Gasteiger partial charge in [0.05, 0.1) is 12.0 Å². The van der Waals surface area contributed by atoms with E-state index >= 15 is 0 Å². The van der Waals surface area contributed by atoms with E-state index in [1.165, 1.54) is 18.2 Å². The molecule has 5 heteroatoms. The van der Waals surface area contributed by atoms with Crippen molar-refractivity contribution in [2.75, 3.05) is 0 Å². The van der Waals surface area contributed by atoms with Crippen LogP contribution in [-0.4, -0.2) is 5.78 Å². The first-order valence-electron chi connectivity index (χ1n) is 5.99. The van der Waals surface area contributed by atoms with E-state index in [-0.39, 0.29) is 18.0 Å². The van der Waals surface area contributed by atoms with Gasteiger partial charge in [-0.3, -0.25) is 4.79 Å². The molecule has 1 heterocycles. The largest absolute Gasteiger partial charge is 0.484 e. The maximum atomic E-state index is 13.3. The van der Waals surface area contributed by atoms with Gasteiger partial charge in [0.25, 0.3) is 0 Å². The van der Waals surface area contributed by atoms with Gasteiger partial charge in [0.15, 0.2) is 5.78 Å². The number of fused-ring (bicyclic) bond motifs is 1. The summed E-state index contributed by atoms with van der Waals surface area (Å²) in [6.45, 7) is 0. The summed E-state index contributed by atoms with van der Waals surface area (Å²) in [6, 6.07) is 9.29. The second kappa shape index (κ2) is 5.19. The maximum Gasteiger partial charge on any atom is 0.170 e. The van der Waals surface area contributed by atoms with Gasteiger partial charge >= 0.3 is 0 Å². The van der Waals surface area contributed by atoms with E-state index in [0.29, 0.717) is 16.1 Å². The van der Waals surface area contributed by atoms with Crippen LogP contribution in [0.5, 0.6) is 5.75 Å². The number of halogens is 3. The highest BCUT2D eigenvalue weighted by Crippen LogP contribution is 2.38. The lowest BCUT2D eigenvalue weighted by Crippen LogP contribution is -2.20. The lowest BCUT2D eigenvalue weighted by molar-refractivity contribution is 0.0849. The number of benzene rings is 2. The molecule has 0 spiro atoms. The summed E-state index contributed by atoms with van der Waals surface area (Å²) in [5.74, 6) is -0.243. The highest BCUT2D eigenvalue weighted by Gasteiger charge is 2.29. The minimum absolute atomic E-state index is 0.0766. The van der Waals surface area contributed by atoms with Crippen molar-refractivity contribution in [2.24, 2.45) is 0 Å². The standard InChI is InChI=1S/C15H9BrClFO2/c16-8-1-4-12(17)11(5-8)15-7-13(19)10-3-2-9(18)6-14(10)20-15/h1-6,15H,7H2. The van der Waals surface area contributed by atoms with Crippen molar-refractivity contribution in [1.29, 1.82) is 0 Å². The third-order valence-electron chi connectivity index (χ3n) is 3.19. The molecule has 0 fully saturated rings. The molecule has 1 aliphatic rings. The van der Waals surface area contributed by atoms with Crippen LogP contribution in [-0.2, 0) is 0 Å². The number of carbonyl (C=O) groups is 1. The lowest BCUT2D eigenvalue weighted by atomic mass is 9.96. The molecule has 2 aromatic rings. The summed E-state index contributed by atoms with van der Waals surface area (Å²) < 4.78 is 19.9. The van der Waals surface area contributed by atoms with Crippen LogP contribution in [0.1, 0.15) is 28.4 Å².